The van der Waals surface area contributed by atoms with Crippen LogP contribution >= 0.6 is 12.4 Å². The van der Waals surface area contributed by atoms with Crippen molar-refractivity contribution in [2.45, 2.75) is 26.8 Å². The first kappa shape index (κ1) is 14.7. The molecule has 0 aromatic carbocycles. The van der Waals surface area contributed by atoms with Crippen LogP contribution in [0.25, 0.3) is 0 Å². The average Bonchev–Trinajstić information content (AvgIpc) is 2.02. The Balaban J connectivity index is 0. The number of likely N-dealkylation sites (N-methyl/N-ethyl adjacent to an activating group) is 1. The maximum atomic E-state index is 11.1. The van der Waals surface area contributed by atoms with Gasteiger partial charge < -0.3 is 10.6 Å². The molecule has 78 valence electrons. The quantitative estimate of drug-likeness (QED) is 0.702. The monoisotopic (exact) mass is 208 g/mol. The van der Waals surface area contributed by atoms with Crippen molar-refractivity contribution in [3.8, 4) is 0 Å². The summed E-state index contributed by atoms with van der Waals surface area (Å²) in [7, 11) is 1.54. The third-order valence-corrected chi connectivity index (χ3v) is 1.52. The molecule has 0 saturated heterocycles. The second-order valence-corrected chi connectivity index (χ2v) is 3.00. The number of hydrogen-bond acceptors (Lipinski definition) is 2. The van der Waals surface area contributed by atoms with Gasteiger partial charge in [0, 0.05) is 13.0 Å². The Bertz CT molecular complexity index is 183. The number of carbonyl (C=O) groups excluding carboxylic acids is 2. The predicted octanol–water partition coefficient (Wildman–Crippen LogP) is 0.315. The molecule has 0 bridgehead atoms. The zero-order chi connectivity index (χ0) is 9.72. The van der Waals surface area contributed by atoms with Gasteiger partial charge in [-0.25, -0.2) is 0 Å². The minimum atomic E-state index is -0.454. The van der Waals surface area contributed by atoms with Crippen molar-refractivity contribution in [1.82, 2.24) is 10.6 Å². The Kier molecular flexibility index (Phi) is 7.61. The van der Waals surface area contributed by atoms with E-state index in [-0.39, 0.29) is 30.1 Å². The molecule has 0 spiro atoms. The smallest absolute Gasteiger partial charge is 0.242 e. The third-order valence-electron chi connectivity index (χ3n) is 1.52. The maximum absolute atomic E-state index is 11.1. The molecule has 4 nitrogen and oxygen atoms in total. The van der Waals surface area contributed by atoms with Gasteiger partial charge in [-0.15, -0.1) is 12.4 Å². The summed E-state index contributed by atoms with van der Waals surface area (Å²) < 4.78 is 0. The van der Waals surface area contributed by atoms with Crippen molar-refractivity contribution in [1.29, 1.82) is 0 Å². The van der Waals surface area contributed by atoms with Crippen LogP contribution < -0.4 is 10.6 Å². The number of amides is 2. The highest BCUT2D eigenvalue weighted by Crippen LogP contribution is 1.92. The second kappa shape index (κ2) is 6.71. The van der Waals surface area contributed by atoms with Crippen molar-refractivity contribution >= 4 is 24.2 Å². The van der Waals surface area contributed by atoms with Crippen LogP contribution in [0.15, 0.2) is 0 Å². The number of carbonyl (C=O) groups is 2. The van der Waals surface area contributed by atoms with Crippen molar-refractivity contribution in [2.75, 3.05) is 7.05 Å². The van der Waals surface area contributed by atoms with E-state index < -0.39 is 6.04 Å². The molecule has 13 heavy (non-hydrogen) atoms. The lowest BCUT2D eigenvalue weighted by atomic mass is 10.2. The highest BCUT2D eigenvalue weighted by Gasteiger charge is 2.15. The van der Waals surface area contributed by atoms with E-state index in [4.69, 9.17) is 0 Å². The first-order chi connectivity index (χ1) is 5.49. The lowest BCUT2D eigenvalue weighted by Crippen LogP contribution is -2.44. The standard InChI is InChI=1S/C8H16N2O2.ClH/c1-5(2)7(11)10-6(3)8(12)9-4;/h5-6H,1-4H3,(H,9,12)(H,10,11);1H/t6-;/m1./s1. The predicted molar refractivity (Wildman–Crippen MR) is 53.8 cm³/mol. The van der Waals surface area contributed by atoms with Crippen LogP contribution in [0.4, 0.5) is 0 Å². The Hall–Kier alpha value is -0.770. The fourth-order valence-electron chi connectivity index (χ4n) is 0.662. The summed E-state index contributed by atoms with van der Waals surface area (Å²) in [6.45, 7) is 5.22. The average molecular weight is 209 g/mol. The Morgan fingerprint density at radius 2 is 1.54 bits per heavy atom. The molecule has 0 saturated carbocycles. The van der Waals surface area contributed by atoms with Crippen LogP contribution in [0.3, 0.4) is 0 Å². The molecule has 0 heterocycles. The molecule has 0 radical (unpaired) electrons. The third kappa shape index (κ3) is 5.47. The molecule has 2 N–H and O–H groups in total. The van der Waals surface area contributed by atoms with E-state index in [2.05, 4.69) is 10.6 Å². The molecule has 0 rings (SSSR count). The van der Waals surface area contributed by atoms with Crippen LogP contribution in [-0.4, -0.2) is 24.9 Å². The summed E-state index contributed by atoms with van der Waals surface area (Å²) in [6.07, 6.45) is 0. The zero-order valence-electron chi connectivity index (χ0n) is 8.38. The van der Waals surface area contributed by atoms with E-state index in [0.717, 1.165) is 0 Å². The molecule has 5 heteroatoms. The van der Waals surface area contributed by atoms with Crippen molar-refractivity contribution in [3.05, 3.63) is 0 Å². The number of hydrogen-bond donors (Lipinski definition) is 2. The summed E-state index contributed by atoms with van der Waals surface area (Å²) in [5.74, 6) is -0.368. The number of nitrogens with one attached hydrogen (secondary N) is 2. The molecule has 0 aromatic heterocycles. The molecule has 0 aromatic rings. The normalized spacial score (nSPS) is 11.5. The minimum absolute atomic E-state index is 0. The Morgan fingerprint density at radius 1 is 1.08 bits per heavy atom. The van der Waals surface area contributed by atoms with E-state index in [1.54, 1.807) is 27.8 Å². The van der Waals surface area contributed by atoms with Crippen molar-refractivity contribution < 1.29 is 9.59 Å². The van der Waals surface area contributed by atoms with E-state index in [1.807, 2.05) is 0 Å². The van der Waals surface area contributed by atoms with Gasteiger partial charge >= 0.3 is 0 Å². The van der Waals surface area contributed by atoms with Gasteiger partial charge in [-0.3, -0.25) is 9.59 Å². The first-order valence-electron chi connectivity index (χ1n) is 4.01. The van der Waals surface area contributed by atoms with Gasteiger partial charge in [-0.1, -0.05) is 13.8 Å². The fourth-order valence-corrected chi connectivity index (χ4v) is 0.662. The van der Waals surface area contributed by atoms with Crippen LogP contribution in [-0.2, 0) is 9.59 Å². The van der Waals surface area contributed by atoms with E-state index in [9.17, 15) is 9.59 Å². The minimum Gasteiger partial charge on any atom is -0.357 e. The van der Waals surface area contributed by atoms with Crippen molar-refractivity contribution in [2.24, 2.45) is 5.92 Å². The molecule has 1 atom stereocenters. The molecule has 2 amide bonds. The first-order valence-corrected chi connectivity index (χ1v) is 4.01. The number of rotatable bonds is 3. The largest absolute Gasteiger partial charge is 0.357 e. The lowest BCUT2D eigenvalue weighted by Gasteiger charge is -2.13. The van der Waals surface area contributed by atoms with Gasteiger partial charge in [-0.05, 0) is 6.92 Å². The van der Waals surface area contributed by atoms with E-state index in [1.165, 1.54) is 0 Å². The molecule has 0 unspecified atom stereocenters. The van der Waals surface area contributed by atoms with Crippen molar-refractivity contribution in [3.63, 3.8) is 0 Å². The van der Waals surface area contributed by atoms with E-state index in [0.29, 0.717) is 0 Å². The summed E-state index contributed by atoms with van der Waals surface area (Å²) in [5, 5.41) is 5.03. The molecule has 0 aliphatic carbocycles. The van der Waals surface area contributed by atoms with Gasteiger partial charge in [0.05, 0.1) is 0 Å². The van der Waals surface area contributed by atoms with Crippen LogP contribution in [0.5, 0.6) is 0 Å². The molecular weight excluding hydrogens is 192 g/mol. The fraction of sp³-hybridized carbons (Fsp3) is 0.750. The molecule has 0 aliphatic heterocycles. The molecule has 0 fully saturated rings. The maximum Gasteiger partial charge on any atom is 0.242 e. The summed E-state index contributed by atoms with van der Waals surface area (Å²) >= 11 is 0. The summed E-state index contributed by atoms with van der Waals surface area (Å²) in [4.78, 5) is 22.0. The Morgan fingerprint density at radius 3 is 1.85 bits per heavy atom. The summed E-state index contributed by atoms with van der Waals surface area (Å²) in [6, 6.07) is -0.454. The van der Waals surface area contributed by atoms with E-state index >= 15 is 0 Å². The lowest BCUT2D eigenvalue weighted by molar-refractivity contribution is -0.129. The van der Waals surface area contributed by atoms with Crippen LogP contribution in [0.2, 0.25) is 0 Å². The summed E-state index contributed by atoms with van der Waals surface area (Å²) in [5.41, 5.74) is 0. The second-order valence-electron chi connectivity index (χ2n) is 3.00. The zero-order valence-corrected chi connectivity index (χ0v) is 9.20. The highest BCUT2D eigenvalue weighted by atomic mass is 35.5. The van der Waals surface area contributed by atoms with Gasteiger partial charge in [0.25, 0.3) is 0 Å². The Labute approximate surface area is 84.9 Å². The van der Waals surface area contributed by atoms with Gasteiger partial charge in [0.2, 0.25) is 11.8 Å². The molecular formula is C8H17ClN2O2. The number of halogens is 1. The van der Waals surface area contributed by atoms with Gasteiger partial charge in [0.1, 0.15) is 6.04 Å². The highest BCUT2D eigenvalue weighted by molar-refractivity contribution is 5.87. The van der Waals surface area contributed by atoms with Crippen LogP contribution in [0.1, 0.15) is 20.8 Å². The van der Waals surface area contributed by atoms with Gasteiger partial charge in [0.15, 0.2) is 0 Å². The van der Waals surface area contributed by atoms with Crippen LogP contribution in [0, 0.1) is 5.92 Å². The topological polar surface area (TPSA) is 58.2 Å². The SMILES string of the molecule is CNC(=O)[C@@H](C)NC(=O)C(C)C.Cl. The molecule has 0 aliphatic rings. The van der Waals surface area contributed by atoms with Gasteiger partial charge in [-0.2, -0.15) is 0 Å².